The maximum absolute atomic E-state index is 11.2. The van der Waals surface area contributed by atoms with Gasteiger partial charge in [0.2, 0.25) is 0 Å². The molecule has 82 valence electrons. The number of hydrogen-bond donors (Lipinski definition) is 0. The van der Waals surface area contributed by atoms with Gasteiger partial charge in [-0.25, -0.2) is 0 Å². The zero-order valence-corrected chi connectivity index (χ0v) is 9.57. The number of Topliss-reactive ketones (excluding diaryl/α,β-unsaturated/α-hetero) is 1. The summed E-state index contributed by atoms with van der Waals surface area (Å²) in [5.74, 6) is 0.783. The van der Waals surface area contributed by atoms with Gasteiger partial charge in [-0.05, 0) is 25.0 Å². The molecule has 0 aliphatic rings. The van der Waals surface area contributed by atoms with E-state index in [0.29, 0.717) is 24.5 Å². The molecule has 1 atom stereocenters. The second-order valence-electron chi connectivity index (χ2n) is 3.79. The van der Waals surface area contributed by atoms with Gasteiger partial charge in [0.1, 0.15) is 5.78 Å². The van der Waals surface area contributed by atoms with Crippen LogP contribution in [0.4, 0.5) is 0 Å². The average molecular weight is 205 g/mol. The van der Waals surface area contributed by atoms with E-state index in [9.17, 15) is 4.79 Å². The smallest absolute Gasteiger partial charge is 0.132 e. The number of rotatable bonds is 6. The van der Waals surface area contributed by atoms with Crippen molar-refractivity contribution in [1.82, 2.24) is 4.98 Å². The van der Waals surface area contributed by atoms with Gasteiger partial charge in [0.05, 0.1) is 0 Å². The molecule has 2 nitrogen and oxygen atoms in total. The van der Waals surface area contributed by atoms with Crippen LogP contribution in [0.1, 0.15) is 51.1 Å². The van der Waals surface area contributed by atoms with Crippen molar-refractivity contribution < 1.29 is 4.79 Å². The lowest BCUT2D eigenvalue weighted by molar-refractivity contribution is -0.118. The highest BCUT2D eigenvalue weighted by atomic mass is 16.1. The summed E-state index contributed by atoms with van der Waals surface area (Å²) >= 11 is 0. The monoisotopic (exact) mass is 205 g/mol. The van der Waals surface area contributed by atoms with E-state index in [1.165, 1.54) is 0 Å². The fraction of sp³-hybridized carbons (Fsp3) is 0.538. The zero-order chi connectivity index (χ0) is 11.1. The quantitative estimate of drug-likeness (QED) is 0.713. The third-order valence-corrected chi connectivity index (χ3v) is 2.76. The van der Waals surface area contributed by atoms with Crippen molar-refractivity contribution in [2.24, 2.45) is 0 Å². The highest BCUT2D eigenvalue weighted by Gasteiger charge is 2.11. The van der Waals surface area contributed by atoms with Gasteiger partial charge < -0.3 is 0 Å². The molecule has 0 bridgehead atoms. The Morgan fingerprint density at radius 1 is 1.40 bits per heavy atom. The minimum absolute atomic E-state index is 0.351. The Labute approximate surface area is 91.7 Å². The lowest BCUT2D eigenvalue weighted by Crippen LogP contribution is -2.04. The molecule has 1 rings (SSSR count). The number of aromatic nitrogens is 1. The Balaban J connectivity index is 2.53. The SMILES string of the molecule is CCC(=O)CCC(CC)c1ccccn1. The molecule has 0 spiro atoms. The molecule has 0 aliphatic heterocycles. The number of carbonyl (C=O) groups excluding carboxylic acids is 1. The van der Waals surface area contributed by atoms with Gasteiger partial charge in [0.15, 0.2) is 0 Å². The van der Waals surface area contributed by atoms with Crippen LogP contribution in [0.5, 0.6) is 0 Å². The molecule has 1 unspecified atom stereocenters. The molecule has 1 aromatic heterocycles. The molecular formula is C13H19NO. The van der Waals surface area contributed by atoms with Crippen molar-refractivity contribution in [2.75, 3.05) is 0 Å². The summed E-state index contributed by atoms with van der Waals surface area (Å²) in [5.41, 5.74) is 1.11. The summed E-state index contributed by atoms with van der Waals surface area (Å²) in [6.07, 6.45) is 5.14. The van der Waals surface area contributed by atoms with E-state index in [4.69, 9.17) is 0 Å². The Morgan fingerprint density at radius 2 is 2.20 bits per heavy atom. The molecule has 2 heteroatoms. The molecule has 0 aromatic carbocycles. The Kier molecular flexibility index (Phi) is 5.02. The minimum Gasteiger partial charge on any atom is -0.300 e. The van der Waals surface area contributed by atoms with Crippen LogP contribution in [0, 0.1) is 0 Å². The minimum atomic E-state index is 0.351. The maximum Gasteiger partial charge on any atom is 0.132 e. The lowest BCUT2D eigenvalue weighted by Gasteiger charge is -2.13. The fourth-order valence-corrected chi connectivity index (χ4v) is 1.69. The number of hydrogen-bond acceptors (Lipinski definition) is 2. The van der Waals surface area contributed by atoms with Crippen molar-refractivity contribution in [3.05, 3.63) is 30.1 Å². The third-order valence-electron chi connectivity index (χ3n) is 2.76. The number of nitrogens with zero attached hydrogens (tertiary/aromatic N) is 1. The summed E-state index contributed by atoms with van der Waals surface area (Å²) in [7, 11) is 0. The van der Waals surface area contributed by atoms with E-state index in [0.717, 1.165) is 18.5 Å². The van der Waals surface area contributed by atoms with Gasteiger partial charge >= 0.3 is 0 Å². The van der Waals surface area contributed by atoms with Crippen molar-refractivity contribution in [3.8, 4) is 0 Å². The normalized spacial score (nSPS) is 12.4. The predicted octanol–water partition coefficient (Wildman–Crippen LogP) is 3.33. The number of carbonyl (C=O) groups is 1. The van der Waals surface area contributed by atoms with Gasteiger partial charge in [0.25, 0.3) is 0 Å². The van der Waals surface area contributed by atoms with E-state index in [1.807, 2.05) is 31.3 Å². The molecule has 15 heavy (non-hydrogen) atoms. The Morgan fingerprint density at radius 3 is 2.73 bits per heavy atom. The summed E-state index contributed by atoms with van der Waals surface area (Å²) in [5, 5.41) is 0. The first-order valence-electron chi connectivity index (χ1n) is 5.70. The first-order chi connectivity index (χ1) is 7.27. The molecule has 0 saturated carbocycles. The van der Waals surface area contributed by atoms with E-state index >= 15 is 0 Å². The van der Waals surface area contributed by atoms with Crippen LogP contribution >= 0.6 is 0 Å². The van der Waals surface area contributed by atoms with Crippen LogP contribution in [0.15, 0.2) is 24.4 Å². The fourth-order valence-electron chi connectivity index (χ4n) is 1.69. The second kappa shape index (κ2) is 6.33. The van der Waals surface area contributed by atoms with Crippen molar-refractivity contribution in [1.29, 1.82) is 0 Å². The van der Waals surface area contributed by atoms with Crippen LogP contribution in [0.25, 0.3) is 0 Å². The molecular weight excluding hydrogens is 186 g/mol. The Hall–Kier alpha value is -1.18. The van der Waals surface area contributed by atoms with Crippen LogP contribution in [0.3, 0.4) is 0 Å². The van der Waals surface area contributed by atoms with Crippen LogP contribution < -0.4 is 0 Å². The molecule has 0 aliphatic carbocycles. The number of pyridine rings is 1. The van der Waals surface area contributed by atoms with Gasteiger partial charge in [-0.3, -0.25) is 9.78 Å². The van der Waals surface area contributed by atoms with Crippen molar-refractivity contribution in [2.45, 2.75) is 45.4 Å². The highest BCUT2D eigenvalue weighted by Crippen LogP contribution is 2.22. The first kappa shape index (κ1) is 11.9. The lowest BCUT2D eigenvalue weighted by atomic mass is 9.94. The van der Waals surface area contributed by atoms with Crippen LogP contribution in [-0.4, -0.2) is 10.8 Å². The van der Waals surface area contributed by atoms with E-state index in [2.05, 4.69) is 11.9 Å². The molecule has 0 saturated heterocycles. The second-order valence-corrected chi connectivity index (χ2v) is 3.79. The van der Waals surface area contributed by atoms with Crippen molar-refractivity contribution in [3.63, 3.8) is 0 Å². The van der Waals surface area contributed by atoms with Crippen LogP contribution in [-0.2, 0) is 4.79 Å². The van der Waals surface area contributed by atoms with E-state index in [-0.39, 0.29) is 0 Å². The molecule has 0 fully saturated rings. The van der Waals surface area contributed by atoms with Crippen LogP contribution in [0.2, 0.25) is 0 Å². The molecule has 1 heterocycles. The molecule has 0 amide bonds. The van der Waals surface area contributed by atoms with Gasteiger partial charge in [-0.15, -0.1) is 0 Å². The topological polar surface area (TPSA) is 30.0 Å². The first-order valence-corrected chi connectivity index (χ1v) is 5.70. The zero-order valence-electron chi connectivity index (χ0n) is 9.57. The number of ketones is 1. The van der Waals surface area contributed by atoms with Gasteiger partial charge in [0, 0.05) is 30.7 Å². The van der Waals surface area contributed by atoms with E-state index < -0.39 is 0 Å². The van der Waals surface area contributed by atoms with Crippen molar-refractivity contribution >= 4 is 5.78 Å². The predicted molar refractivity (Wildman–Crippen MR) is 61.8 cm³/mol. The van der Waals surface area contributed by atoms with Gasteiger partial charge in [-0.1, -0.05) is 19.9 Å². The highest BCUT2D eigenvalue weighted by molar-refractivity contribution is 5.77. The summed E-state index contributed by atoms with van der Waals surface area (Å²) in [4.78, 5) is 15.6. The summed E-state index contributed by atoms with van der Waals surface area (Å²) in [6.45, 7) is 4.07. The summed E-state index contributed by atoms with van der Waals surface area (Å²) in [6, 6.07) is 5.98. The average Bonchev–Trinajstić information content (AvgIpc) is 2.31. The maximum atomic E-state index is 11.2. The molecule has 1 aromatic rings. The van der Waals surface area contributed by atoms with E-state index in [1.54, 1.807) is 0 Å². The molecule has 0 N–H and O–H groups in total. The Bertz CT molecular complexity index is 295. The summed E-state index contributed by atoms with van der Waals surface area (Å²) < 4.78 is 0. The van der Waals surface area contributed by atoms with Gasteiger partial charge in [-0.2, -0.15) is 0 Å². The third kappa shape index (κ3) is 3.82. The molecule has 0 radical (unpaired) electrons. The standard InChI is InChI=1S/C13H19NO/c1-3-11(8-9-12(15)4-2)13-7-5-6-10-14-13/h5-7,10-11H,3-4,8-9H2,1-2H3. The largest absolute Gasteiger partial charge is 0.300 e.